The van der Waals surface area contributed by atoms with Gasteiger partial charge in [-0.05, 0) is 120 Å². The van der Waals surface area contributed by atoms with E-state index >= 15 is 0 Å². The first-order valence-electron chi connectivity index (χ1n) is 23.9. The van der Waals surface area contributed by atoms with Crippen molar-refractivity contribution in [2.45, 2.75) is 104 Å². The van der Waals surface area contributed by atoms with Gasteiger partial charge in [0.05, 0.1) is 34.3 Å². The van der Waals surface area contributed by atoms with Gasteiger partial charge in [0.15, 0.2) is 12.6 Å². The second-order valence-corrected chi connectivity index (χ2v) is 17.9. The van der Waals surface area contributed by atoms with E-state index in [0.29, 0.717) is 17.4 Å². The highest BCUT2D eigenvalue weighted by atomic mass is 35.5. The lowest BCUT2D eigenvalue weighted by Gasteiger charge is -2.27. The minimum atomic E-state index is 0.0499. The van der Waals surface area contributed by atoms with Crippen LogP contribution in [0.5, 0.6) is 0 Å². The summed E-state index contributed by atoms with van der Waals surface area (Å²) in [5, 5.41) is 16.4. The number of hydrogen-bond acceptors (Lipinski definition) is 9. The Bertz CT molecular complexity index is 2370. The molecule has 3 saturated carbocycles. The molecular formula is C54H69ClN6O3. The van der Waals surface area contributed by atoms with Gasteiger partial charge in [-0.3, -0.25) is 9.59 Å². The van der Waals surface area contributed by atoms with Crippen LogP contribution in [0.4, 0.5) is 11.6 Å². The van der Waals surface area contributed by atoms with Gasteiger partial charge in [-0.25, -0.2) is 15.0 Å². The van der Waals surface area contributed by atoms with Crippen molar-refractivity contribution < 1.29 is 14.7 Å². The molecule has 0 radical (unpaired) electrons. The maximum absolute atomic E-state index is 11.5. The van der Waals surface area contributed by atoms with E-state index in [9.17, 15) is 14.7 Å². The third-order valence-electron chi connectivity index (χ3n) is 13.1. The molecule has 3 aliphatic carbocycles. The molecule has 10 heteroatoms. The number of aliphatic hydroxyl groups is 1. The molecule has 6 aromatic rings. The van der Waals surface area contributed by atoms with Crippen LogP contribution in [-0.4, -0.2) is 71.9 Å². The molecule has 0 amide bonds. The Balaban J connectivity index is 0.000000149. The van der Waals surface area contributed by atoms with E-state index in [-0.39, 0.29) is 11.8 Å². The summed E-state index contributed by atoms with van der Waals surface area (Å²) in [6, 6.07) is 29.4. The van der Waals surface area contributed by atoms with Crippen molar-refractivity contribution in [2.75, 3.05) is 49.1 Å². The standard InChI is InChI=1S/C18H24N2O.C18H22N2O.C10H6ClNO.C8H17N/c2*1-2-20(12-14-7-3-4-8-14)18-16(13-21)11-15-9-5-6-10-17(15)19-18;11-10-8(6-13)5-7-3-1-2-4-9(7)12-10;1-2-9-7-8-5-3-4-6-8/h5-6,9-11,14,21H,2-4,7-8,12-13H2,1H3;5-6,9-11,13-14H,2-4,7-8,12H2,1H3;1-6H;8-9H,2-7H2,1H3. The monoisotopic (exact) mass is 885 g/mol. The second-order valence-electron chi connectivity index (χ2n) is 17.5. The molecule has 3 aliphatic rings. The number of para-hydroxylation sites is 3. The Kier molecular flexibility index (Phi) is 19.3. The fourth-order valence-electron chi connectivity index (χ4n) is 9.50. The van der Waals surface area contributed by atoms with Gasteiger partial charge in [-0.2, -0.15) is 0 Å². The first-order chi connectivity index (χ1) is 31.4. The quantitative estimate of drug-likeness (QED) is 0.0816. The van der Waals surface area contributed by atoms with Gasteiger partial charge in [-0.1, -0.05) is 112 Å². The average molecular weight is 886 g/mol. The molecule has 3 fully saturated rings. The largest absolute Gasteiger partial charge is 0.392 e. The highest BCUT2D eigenvalue weighted by molar-refractivity contribution is 6.32. The molecule has 9 rings (SSSR count). The Morgan fingerprint density at radius 1 is 0.594 bits per heavy atom. The first-order valence-corrected chi connectivity index (χ1v) is 24.3. The summed E-state index contributed by atoms with van der Waals surface area (Å²) in [4.78, 5) is 40.3. The maximum atomic E-state index is 11.5. The fraction of sp³-hybridized carbons (Fsp3) is 0.463. The molecule has 2 N–H and O–H groups in total. The van der Waals surface area contributed by atoms with E-state index in [1.807, 2.05) is 72.8 Å². The van der Waals surface area contributed by atoms with E-state index in [0.717, 1.165) is 107 Å². The van der Waals surface area contributed by atoms with Crippen molar-refractivity contribution in [1.29, 1.82) is 0 Å². The maximum Gasteiger partial charge on any atom is 0.153 e. The summed E-state index contributed by atoms with van der Waals surface area (Å²) >= 11 is 5.76. The van der Waals surface area contributed by atoms with Crippen molar-refractivity contribution in [1.82, 2.24) is 20.3 Å². The lowest BCUT2D eigenvalue weighted by atomic mass is 10.1. The van der Waals surface area contributed by atoms with Crippen molar-refractivity contribution in [3.8, 4) is 0 Å². The molecule has 340 valence electrons. The number of carbonyl (C=O) groups is 2. The highest BCUT2D eigenvalue weighted by Gasteiger charge is 2.22. The zero-order valence-corrected chi connectivity index (χ0v) is 39.1. The molecule has 0 unspecified atom stereocenters. The predicted molar refractivity (Wildman–Crippen MR) is 267 cm³/mol. The summed E-state index contributed by atoms with van der Waals surface area (Å²) in [5.74, 6) is 4.34. The van der Waals surface area contributed by atoms with Gasteiger partial charge in [0.25, 0.3) is 0 Å². The number of halogens is 1. The number of pyridine rings is 3. The van der Waals surface area contributed by atoms with Crippen molar-refractivity contribution in [3.63, 3.8) is 0 Å². The van der Waals surface area contributed by atoms with Crippen LogP contribution in [-0.2, 0) is 6.61 Å². The van der Waals surface area contributed by atoms with Crippen LogP contribution in [0.2, 0.25) is 5.15 Å². The zero-order valence-electron chi connectivity index (χ0n) is 38.4. The Hall–Kier alpha value is -4.96. The van der Waals surface area contributed by atoms with Crippen LogP contribution in [0.15, 0.2) is 91.0 Å². The summed E-state index contributed by atoms with van der Waals surface area (Å²) in [5.41, 5.74) is 4.85. The number of hydrogen-bond donors (Lipinski definition) is 2. The van der Waals surface area contributed by atoms with Crippen LogP contribution >= 0.6 is 11.6 Å². The van der Waals surface area contributed by atoms with Crippen LogP contribution in [0, 0.1) is 17.8 Å². The average Bonchev–Trinajstić information content (AvgIpc) is 4.18. The van der Waals surface area contributed by atoms with E-state index < -0.39 is 0 Å². The number of fused-ring (bicyclic) bond motifs is 3. The number of nitrogens with one attached hydrogen (secondary N) is 1. The van der Waals surface area contributed by atoms with E-state index in [1.165, 1.54) is 83.6 Å². The number of aromatic nitrogens is 3. The molecule has 0 bridgehead atoms. The lowest BCUT2D eigenvalue weighted by Crippen LogP contribution is -2.30. The highest BCUT2D eigenvalue weighted by Crippen LogP contribution is 2.31. The van der Waals surface area contributed by atoms with Crippen molar-refractivity contribution in [2.24, 2.45) is 17.8 Å². The number of aliphatic hydroxyl groups excluding tert-OH is 1. The van der Waals surface area contributed by atoms with Gasteiger partial charge < -0.3 is 20.2 Å². The van der Waals surface area contributed by atoms with Gasteiger partial charge in [0.2, 0.25) is 0 Å². The smallest absolute Gasteiger partial charge is 0.153 e. The summed E-state index contributed by atoms with van der Waals surface area (Å²) < 4.78 is 0. The molecule has 3 aromatic carbocycles. The second kappa shape index (κ2) is 25.5. The van der Waals surface area contributed by atoms with Gasteiger partial charge in [-0.15, -0.1) is 0 Å². The minimum Gasteiger partial charge on any atom is -0.392 e. The predicted octanol–water partition coefficient (Wildman–Crippen LogP) is 12.3. The number of anilines is 2. The lowest BCUT2D eigenvalue weighted by molar-refractivity contribution is 0.111. The third kappa shape index (κ3) is 13.5. The minimum absolute atomic E-state index is 0.0499. The summed E-state index contributed by atoms with van der Waals surface area (Å²) in [6.45, 7) is 12.8. The molecule has 0 aliphatic heterocycles. The van der Waals surface area contributed by atoms with Crippen LogP contribution in [0.1, 0.15) is 124 Å². The molecule has 0 saturated heterocycles. The number of nitrogens with zero attached hydrogens (tertiary/aromatic N) is 5. The van der Waals surface area contributed by atoms with Crippen LogP contribution in [0.3, 0.4) is 0 Å². The third-order valence-corrected chi connectivity index (χ3v) is 13.4. The number of aldehydes is 2. The molecule has 0 atom stereocenters. The normalized spacial score (nSPS) is 15.3. The fourth-order valence-corrected chi connectivity index (χ4v) is 9.69. The van der Waals surface area contributed by atoms with Crippen molar-refractivity contribution >= 4 is 68.5 Å². The SMILES string of the molecule is CCN(CC1CCCC1)c1nc2ccccc2cc1C=O.CCN(CC1CCCC1)c1nc2ccccc2cc1CO.CCNCC1CCCC1.O=Cc1cc2ccccc2nc1Cl. The van der Waals surface area contributed by atoms with Gasteiger partial charge in [0, 0.05) is 47.9 Å². The van der Waals surface area contributed by atoms with Crippen LogP contribution in [0.25, 0.3) is 32.7 Å². The van der Waals surface area contributed by atoms with Gasteiger partial charge in [0.1, 0.15) is 16.8 Å². The van der Waals surface area contributed by atoms with E-state index in [1.54, 1.807) is 6.07 Å². The Morgan fingerprint density at radius 2 is 1.02 bits per heavy atom. The Morgan fingerprint density at radius 3 is 1.48 bits per heavy atom. The molecule has 0 spiro atoms. The first kappa shape index (κ1) is 48.5. The molecule has 3 aromatic heterocycles. The van der Waals surface area contributed by atoms with Gasteiger partial charge >= 0.3 is 0 Å². The summed E-state index contributed by atoms with van der Waals surface area (Å²) in [6.07, 6.45) is 18.2. The molecule has 64 heavy (non-hydrogen) atoms. The molecule has 3 heterocycles. The summed E-state index contributed by atoms with van der Waals surface area (Å²) in [7, 11) is 0. The molecular weight excluding hydrogens is 816 g/mol. The Labute approximate surface area is 386 Å². The van der Waals surface area contributed by atoms with E-state index in [2.05, 4.69) is 53.0 Å². The van der Waals surface area contributed by atoms with Crippen LogP contribution < -0.4 is 15.1 Å². The molecule has 9 nitrogen and oxygen atoms in total. The zero-order chi connectivity index (χ0) is 45.1. The number of benzene rings is 3. The van der Waals surface area contributed by atoms with Crippen molar-refractivity contribution in [3.05, 3.63) is 113 Å². The van der Waals surface area contributed by atoms with E-state index in [4.69, 9.17) is 21.6 Å². The topological polar surface area (TPSA) is 112 Å². The number of carbonyl (C=O) groups excluding carboxylic acids is 2. The number of rotatable bonds is 14.